The summed E-state index contributed by atoms with van der Waals surface area (Å²) >= 11 is 3.21. The molecule has 0 saturated heterocycles. The first-order valence-corrected chi connectivity index (χ1v) is 37.0. The number of nitrogens with zero attached hydrogens (tertiary/aromatic N) is 2. The van der Waals surface area contributed by atoms with E-state index in [1.54, 1.807) is 82.3 Å². The molecule has 9 nitrogen and oxygen atoms in total. The number of ketones is 1. The Labute approximate surface area is 607 Å². The molecule has 22 heteroatoms. The van der Waals surface area contributed by atoms with Gasteiger partial charge < -0.3 is 19.9 Å². The summed E-state index contributed by atoms with van der Waals surface area (Å²) in [6.45, 7) is 11.0. The highest BCUT2D eigenvalue weighted by atomic mass is 79.9. The van der Waals surface area contributed by atoms with E-state index >= 15 is 0 Å². The Balaban J connectivity index is 0.000000208. The fourth-order valence-corrected chi connectivity index (χ4v) is 14.4. The standard InChI is InChI=1S/C25H30F3NO2.C17H22F3NO.C14H16BrF3.C14H18F3NO.C11H14O2/c1-3-19-14-21(10-11-22(19)15-30)17(2)29-31-16-18-9-12-23(20-7-5-4-6-8-20)24(13-18)25(26,27)28;1-12(2)21-22-11-13-8-9-15(14-6-4-3-5-7-14)16(10-13)17(18,19)20;15-9-10-6-7-12(11-4-2-1-3-5-11)13(8-10)14(16,17)18;15-14(16,17)13-8-10(9-19-18)6-7-12(13)11-4-2-1-3-5-11;1-3-9-6-10(8(2)13)4-5-11(9)7-12/h9-14,20,30H,3-8,15-16H2,1-2H3;8-10,14H,3-7,11H2,1-2H3;6-8,11H,1-5,9H2;6-8,11H,1-5,9,18H2;4-6,12H,3,7H2,1-2H3/b29-17+;;;;. The molecule has 103 heavy (non-hydrogen) atoms. The molecule has 0 bridgehead atoms. The Kier molecular flexibility index (Phi) is 34.3. The first-order valence-electron chi connectivity index (χ1n) is 35.9. The van der Waals surface area contributed by atoms with E-state index in [2.05, 4.69) is 31.1 Å². The summed E-state index contributed by atoms with van der Waals surface area (Å²) < 4.78 is 160. The molecule has 4 saturated carbocycles. The average molecular weight is 1520 g/mol. The quantitative estimate of drug-likeness (QED) is 0.0242. The molecule has 6 aromatic carbocycles. The van der Waals surface area contributed by atoms with Gasteiger partial charge in [0, 0.05) is 10.9 Å². The number of benzene rings is 6. The lowest BCUT2D eigenvalue weighted by molar-refractivity contribution is -0.139. The number of rotatable bonds is 19. The zero-order valence-electron chi connectivity index (χ0n) is 59.9. The van der Waals surface area contributed by atoms with Gasteiger partial charge in [-0.2, -0.15) is 52.7 Å². The number of Topliss-reactive ketones (excluding diaryl/α,β-unsaturated/α-hetero) is 1. The van der Waals surface area contributed by atoms with Crippen molar-refractivity contribution in [3.8, 4) is 0 Å². The first kappa shape index (κ1) is 85.3. The Morgan fingerprint density at radius 1 is 0.417 bits per heavy atom. The summed E-state index contributed by atoms with van der Waals surface area (Å²) in [5.74, 6) is 5.10. The van der Waals surface area contributed by atoms with Gasteiger partial charge in [0.2, 0.25) is 0 Å². The fourth-order valence-electron chi connectivity index (χ4n) is 14.1. The molecule has 0 amide bonds. The molecule has 0 atom stereocenters. The summed E-state index contributed by atoms with van der Waals surface area (Å²) in [6, 6.07) is 29.4. The molecule has 0 aromatic heterocycles. The topological polar surface area (TPSA) is 136 Å². The maximum atomic E-state index is 13.7. The van der Waals surface area contributed by atoms with Gasteiger partial charge in [-0.3, -0.25) is 9.63 Å². The minimum Gasteiger partial charge on any atom is -0.392 e. The van der Waals surface area contributed by atoms with Crippen LogP contribution >= 0.6 is 15.9 Å². The van der Waals surface area contributed by atoms with Crippen molar-refractivity contribution in [2.24, 2.45) is 16.2 Å². The summed E-state index contributed by atoms with van der Waals surface area (Å²) in [6.07, 6.45) is 3.73. The number of hydrogen-bond acceptors (Lipinski definition) is 9. The molecule has 10 rings (SSSR count). The van der Waals surface area contributed by atoms with Crippen molar-refractivity contribution in [3.63, 3.8) is 0 Å². The lowest BCUT2D eigenvalue weighted by atomic mass is 9.81. The van der Waals surface area contributed by atoms with Crippen LogP contribution in [-0.4, -0.2) is 27.4 Å². The van der Waals surface area contributed by atoms with E-state index in [4.69, 9.17) is 20.7 Å². The number of aliphatic hydroxyl groups is 2. The zero-order chi connectivity index (χ0) is 75.5. The van der Waals surface area contributed by atoms with Crippen molar-refractivity contribution in [1.82, 2.24) is 0 Å². The molecule has 566 valence electrons. The molecule has 4 fully saturated rings. The van der Waals surface area contributed by atoms with Crippen LogP contribution in [0.5, 0.6) is 0 Å². The SMILES string of the molecule is CC(C)=NOCc1ccc(C2CCCCC2)c(C(F)(F)F)c1.CCc1cc(/C(C)=N/OCc2ccc(C3CCCCC3)c(C(F)(F)F)c2)ccc1CO.CCc1cc(C(C)=O)ccc1CO.FC(F)(F)c1cc(CBr)ccc1C1CCCCC1.NOCc1ccc(C2CCCCC2)c(C(F)(F)F)c1. The van der Waals surface area contributed by atoms with Crippen molar-refractivity contribution in [2.45, 2.75) is 270 Å². The lowest BCUT2D eigenvalue weighted by Crippen LogP contribution is -2.15. The molecule has 0 radical (unpaired) electrons. The van der Waals surface area contributed by atoms with Gasteiger partial charge in [0.05, 0.1) is 53.5 Å². The number of alkyl halides is 13. The van der Waals surface area contributed by atoms with E-state index in [1.165, 1.54) is 18.2 Å². The Hall–Kier alpha value is -6.59. The summed E-state index contributed by atoms with van der Waals surface area (Å²) in [5, 5.41) is 26.7. The Morgan fingerprint density at radius 3 is 1.01 bits per heavy atom. The van der Waals surface area contributed by atoms with Gasteiger partial charge in [0.1, 0.15) is 13.2 Å². The molecule has 0 heterocycles. The molecule has 4 N–H and O–H groups in total. The Morgan fingerprint density at radius 2 is 0.718 bits per heavy atom. The Bertz CT molecular complexity index is 3670. The van der Waals surface area contributed by atoms with Crippen LogP contribution < -0.4 is 5.90 Å². The second-order valence-electron chi connectivity index (χ2n) is 27.3. The van der Waals surface area contributed by atoms with E-state index in [1.807, 2.05) is 44.2 Å². The summed E-state index contributed by atoms with van der Waals surface area (Å²) in [7, 11) is 0. The minimum absolute atomic E-state index is 0.00593. The van der Waals surface area contributed by atoms with Crippen molar-refractivity contribution in [3.05, 3.63) is 209 Å². The number of halogens is 13. The molecule has 0 aliphatic heterocycles. The van der Waals surface area contributed by atoms with Crippen LogP contribution in [0.15, 0.2) is 120 Å². The second kappa shape index (κ2) is 41.3. The van der Waals surface area contributed by atoms with Crippen molar-refractivity contribution in [2.75, 3.05) is 0 Å². The van der Waals surface area contributed by atoms with E-state index in [9.17, 15) is 62.6 Å². The predicted molar refractivity (Wildman–Crippen MR) is 385 cm³/mol. The lowest BCUT2D eigenvalue weighted by Gasteiger charge is -2.25. The normalized spacial score (nSPS) is 16.0. The number of aliphatic hydroxyl groups excluding tert-OH is 2. The molecule has 4 aliphatic carbocycles. The van der Waals surface area contributed by atoms with Gasteiger partial charge in [0.15, 0.2) is 5.78 Å². The van der Waals surface area contributed by atoms with Gasteiger partial charge in [-0.1, -0.05) is 190 Å². The average Bonchev–Trinajstić information content (AvgIpc) is 0.818. The third-order valence-corrected chi connectivity index (χ3v) is 20.2. The van der Waals surface area contributed by atoms with Crippen LogP contribution in [0.4, 0.5) is 52.7 Å². The summed E-state index contributed by atoms with van der Waals surface area (Å²) in [4.78, 5) is 25.9. The molecular formula is C81H100BrF12N3O6. The van der Waals surface area contributed by atoms with Crippen molar-refractivity contribution in [1.29, 1.82) is 0 Å². The highest BCUT2D eigenvalue weighted by Crippen LogP contribution is 2.46. The van der Waals surface area contributed by atoms with Crippen molar-refractivity contribution >= 4 is 33.1 Å². The highest BCUT2D eigenvalue weighted by molar-refractivity contribution is 9.08. The number of aryl methyl sites for hydroxylation is 2. The highest BCUT2D eigenvalue weighted by Gasteiger charge is 2.39. The third-order valence-electron chi connectivity index (χ3n) is 19.5. The predicted octanol–water partition coefficient (Wildman–Crippen LogP) is 24.1. The van der Waals surface area contributed by atoms with Crippen LogP contribution in [0.1, 0.15) is 299 Å². The first-order chi connectivity index (χ1) is 48.9. The van der Waals surface area contributed by atoms with E-state index in [0.717, 1.165) is 181 Å². The molecule has 0 unspecified atom stereocenters. The molecule has 4 aliphatic rings. The van der Waals surface area contributed by atoms with Gasteiger partial charge in [0.25, 0.3) is 0 Å². The number of nitrogens with two attached hydrogens (primary N) is 1. The van der Waals surface area contributed by atoms with E-state index in [-0.39, 0.29) is 62.5 Å². The number of hydrogen-bond donors (Lipinski definition) is 3. The smallest absolute Gasteiger partial charge is 0.392 e. The van der Waals surface area contributed by atoms with Gasteiger partial charge >= 0.3 is 24.7 Å². The number of oxime groups is 2. The molecular weight excluding hydrogens is 1420 g/mol. The number of carbonyl (C=O) groups excluding carboxylic acids is 1. The largest absolute Gasteiger partial charge is 0.416 e. The van der Waals surface area contributed by atoms with Crippen LogP contribution in [0.3, 0.4) is 0 Å². The van der Waals surface area contributed by atoms with Gasteiger partial charge in [-0.25, -0.2) is 5.90 Å². The van der Waals surface area contributed by atoms with Crippen LogP contribution in [-0.2, 0) is 90.4 Å². The minimum atomic E-state index is -4.38. The van der Waals surface area contributed by atoms with Crippen LogP contribution in [0.2, 0.25) is 0 Å². The molecule has 6 aromatic rings. The monoisotopic (exact) mass is 1520 g/mol. The number of carbonyl (C=O) groups is 1. The maximum absolute atomic E-state index is 13.7. The maximum Gasteiger partial charge on any atom is 0.416 e. The van der Waals surface area contributed by atoms with Crippen molar-refractivity contribution < 1.29 is 82.2 Å². The molecule has 0 spiro atoms. The van der Waals surface area contributed by atoms with Gasteiger partial charge in [-0.15, -0.1) is 0 Å². The fraction of sp³-hybridized carbons (Fsp3) is 0.519. The summed E-state index contributed by atoms with van der Waals surface area (Å²) in [5.41, 5.74) is 8.62. The second-order valence-corrected chi connectivity index (χ2v) is 27.8. The van der Waals surface area contributed by atoms with E-state index < -0.39 is 47.0 Å². The zero-order valence-corrected chi connectivity index (χ0v) is 61.5. The van der Waals surface area contributed by atoms with E-state index in [0.29, 0.717) is 61.1 Å². The third kappa shape index (κ3) is 26.8. The van der Waals surface area contributed by atoms with Crippen LogP contribution in [0, 0.1) is 0 Å². The van der Waals surface area contributed by atoms with Crippen LogP contribution in [0.25, 0.3) is 0 Å². The van der Waals surface area contributed by atoms with Gasteiger partial charge in [-0.05, 0) is 224 Å².